The maximum atomic E-state index is 12.4. The van der Waals surface area contributed by atoms with E-state index in [1.165, 1.54) is 50.8 Å². The summed E-state index contributed by atoms with van der Waals surface area (Å²) < 4.78 is 10.1. The molecule has 0 saturated carbocycles. The van der Waals surface area contributed by atoms with E-state index in [2.05, 4.69) is 35.2 Å². The second kappa shape index (κ2) is 18.7. The van der Waals surface area contributed by atoms with Gasteiger partial charge in [-0.05, 0) is 75.1 Å². The molecule has 2 heterocycles. The lowest BCUT2D eigenvalue weighted by atomic mass is 9.91. The van der Waals surface area contributed by atoms with Crippen LogP contribution in [0.5, 0.6) is 0 Å². The number of benzene rings is 2. The van der Waals surface area contributed by atoms with E-state index in [4.69, 9.17) is 9.47 Å². The predicted molar refractivity (Wildman–Crippen MR) is 161 cm³/mol. The first kappa shape index (κ1) is 32.0. The van der Waals surface area contributed by atoms with Gasteiger partial charge in [-0.1, -0.05) is 55.0 Å². The first-order valence-corrected chi connectivity index (χ1v) is 15.2. The summed E-state index contributed by atoms with van der Waals surface area (Å²) in [5.41, 5.74) is 2.15. The van der Waals surface area contributed by atoms with Crippen molar-refractivity contribution in [2.45, 2.75) is 64.3 Å². The van der Waals surface area contributed by atoms with Gasteiger partial charge in [0.2, 0.25) is 0 Å². The minimum absolute atomic E-state index is 0.0109. The van der Waals surface area contributed by atoms with Crippen LogP contribution < -0.4 is 0 Å². The zero-order chi connectivity index (χ0) is 28.4. The average molecular weight is 551 g/mol. The van der Waals surface area contributed by atoms with E-state index >= 15 is 0 Å². The van der Waals surface area contributed by atoms with Crippen LogP contribution in [-0.2, 0) is 20.8 Å². The number of carbonyl (C=O) groups is 2. The van der Waals surface area contributed by atoms with E-state index in [9.17, 15) is 9.59 Å². The van der Waals surface area contributed by atoms with E-state index < -0.39 is 0 Å². The van der Waals surface area contributed by atoms with Gasteiger partial charge < -0.3 is 14.4 Å². The molecule has 0 aliphatic carbocycles. The zero-order valence-corrected chi connectivity index (χ0v) is 24.8. The lowest BCUT2D eigenvalue weighted by Gasteiger charge is -2.32. The van der Waals surface area contributed by atoms with Crippen molar-refractivity contribution in [2.75, 3.05) is 53.6 Å². The Bertz CT molecular complexity index is 968. The molecule has 2 unspecified atom stereocenters. The number of ketones is 1. The largest absolute Gasteiger partial charge is 0.385 e. The number of rotatable bonds is 13. The molecule has 2 aromatic rings. The standard InChI is InChI=1S/C17H23NO3.C17H27NO/c1-21-12-6-10-16(19)15-9-5-11-18(13-15)17(20)14-7-3-2-4-8-14;1-19-13-6-5-10-17-11-7-12-18(15-17)14-16-8-3-2-4-9-16/h2-4,7-8,15H,5-6,9-13H2,1H3;2-4,8-9,17H,5-7,10-15H2,1H3. The third kappa shape index (κ3) is 11.5. The lowest BCUT2D eigenvalue weighted by molar-refractivity contribution is -0.124. The van der Waals surface area contributed by atoms with Gasteiger partial charge >= 0.3 is 0 Å². The van der Waals surface area contributed by atoms with Crippen LogP contribution in [0.25, 0.3) is 0 Å². The first-order chi connectivity index (χ1) is 19.6. The van der Waals surface area contributed by atoms with Gasteiger partial charge in [0, 0.05) is 71.5 Å². The number of hydrogen-bond donors (Lipinski definition) is 0. The second-order valence-corrected chi connectivity index (χ2v) is 11.2. The first-order valence-electron chi connectivity index (χ1n) is 15.2. The van der Waals surface area contributed by atoms with Gasteiger partial charge in [-0.2, -0.15) is 0 Å². The Morgan fingerprint density at radius 2 is 1.48 bits per heavy atom. The van der Waals surface area contributed by atoms with Gasteiger partial charge in [-0.3, -0.25) is 14.5 Å². The average Bonchev–Trinajstić information content (AvgIpc) is 3.00. The van der Waals surface area contributed by atoms with Crippen molar-refractivity contribution in [3.8, 4) is 0 Å². The molecule has 220 valence electrons. The molecule has 0 N–H and O–H groups in total. The van der Waals surface area contributed by atoms with E-state index in [1.807, 2.05) is 35.2 Å². The van der Waals surface area contributed by atoms with Crippen molar-refractivity contribution >= 4 is 11.7 Å². The van der Waals surface area contributed by atoms with E-state index in [-0.39, 0.29) is 17.6 Å². The number of hydrogen-bond acceptors (Lipinski definition) is 5. The third-order valence-corrected chi connectivity index (χ3v) is 8.02. The summed E-state index contributed by atoms with van der Waals surface area (Å²) >= 11 is 0. The molecule has 2 aliphatic heterocycles. The van der Waals surface area contributed by atoms with Crippen molar-refractivity contribution in [3.05, 3.63) is 71.8 Å². The fourth-order valence-corrected chi connectivity index (χ4v) is 5.83. The minimum Gasteiger partial charge on any atom is -0.385 e. The quantitative estimate of drug-likeness (QED) is 0.276. The summed E-state index contributed by atoms with van der Waals surface area (Å²) in [6, 6.07) is 20.1. The molecule has 2 saturated heterocycles. The topological polar surface area (TPSA) is 59.1 Å². The number of Topliss-reactive ketones (excluding diaryl/α,β-unsaturated/α-hetero) is 1. The number of unbranched alkanes of at least 4 members (excludes halogenated alkanes) is 1. The summed E-state index contributed by atoms with van der Waals surface area (Å²) in [4.78, 5) is 29.0. The third-order valence-electron chi connectivity index (χ3n) is 8.02. The Labute approximate surface area is 242 Å². The molecule has 1 amide bonds. The van der Waals surface area contributed by atoms with Crippen molar-refractivity contribution in [1.82, 2.24) is 9.80 Å². The molecule has 0 spiro atoms. The van der Waals surface area contributed by atoms with Crippen molar-refractivity contribution in [1.29, 1.82) is 0 Å². The number of methoxy groups -OCH3 is 2. The van der Waals surface area contributed by atoms with Crippen LogP contribution in [0.4, 0.5) is 0 Å². The number of ether oxygens (including phenoxy) is 2. The highest BCUT2D eigenvalue weighted by atomic mass is 16.5. The van der Waals surface area contributed by atoms with Gasteiger partial charge in [0.25, 0.3) is 5.91 Å². The lowest BCUT2D eigenvalue weighted by Crippen LogP contribution is -2.42. The van der Waals surface area contributed by atoms with Crippen molar-refractivity contribution in [3.63, 3.8) is 0 Å². The summed E-state index contributed by atoms with van der Waals surface area (Å²) in [6.45, 7) is 6.50. The van der Waals surface area contributed by atoms with Crippen LogP contribution >= 0.6 is 0 Å². The maximum Gasteiger partial charge on any atom is 0.253 e. The Morgan fingerprint density at radius 1 is 0.800 bits per heavy atom. The number of piperidine rings is 2. The fraction of sp³-hybridized carbons (Fsp3) is 0.588. The molecule has 40 heavy (non-hydrogen) atoms. The molecule has 0 radical (unpaired) electrons. The summed E-state index contributed by atoms with van der Waals surface area (Å²) in [7, 11) is 3.44. The molecule has 4 rings (SSSR count). The van der Waals surface area contributed by atoms with E-state index in [1.54, 1.807) is 14.2 Å². The summed E-state index contributed by atoms with van der Waals surface area (Å²) in [6.07, 6.45) is 9.78. The molecular formula is C34H50N2O4. The molecule has 2 fully saturated rings. The minimum atomic E-state index is -0.0109. The highest BCUT2D eigenvalue weighted by molar-refractivity contribution is 5.94. The molecule has 6 heteroatoms. The molecule has 0 bridgehead atoms. The maximum absolute atomic E-state index is 12.4. The molecular weight excluding hydrogens is 500 g/mol. The molecule has 2 aromatic carbocycles. The van der Waals surface area contributed by atoms with Gasteiger partial charge in [0.1, 0.15) is 5.78 Å². The Hall–Kier alpha value is -2.54. The van der Waals surface area contributed by atoms with Crippen LogP contribution in [0.2, 0.25) is 0 Å². The predicted octanol–water partition coefficient (Wildman–Crippen LogP) is 6.25. The normalized spacial score (nSPS) is 19.5. The van der Waals surface area contributed by atoms with Crippen LogP contribution in [0.3, 0.4) is 0 Å². The van der Waals surface area contributed by atoms with Crippen molar-refractivity contribution in [2.24, 2.45) is 11.8 Å². The van der Waals surface area contributed by atoms with Gasteiger partial charge in [0.05, 0.1) is 0 Å². The zero-order valence-electron chi connectivity index (χ0n) is 24.8. The van der Waals surface area contributed by atoms with Crippen LogP contribution in [0, 0.1) is 11.8 Å². The fourth-order valence-electron chi connectivity index (χ4n) is 5.83. The highest BCUT2D eigenvalue weighted by Gasteiger charge is 2.28. The van der Waals surface area contributed by atoms with E-state index in [0.717, 1.165) is 44.9 Å². The van der Waals surface area contributed by atoms with E-state index in [0.29, 0.717) is 25.1 Å². The highest BCUT2D eigenvalue weighted by Crippen LogP contribution is 2.23. The number of likely N-dealkylation sites (tertiary alicyclic amines) is 2. The number of carbonyl (C=O) groups excluding carboxylic acids is 2. The van der Waals surface area contributed by atoms with Crippen LogP contribution in [0.1, 0.15) is 73.7 Å². The Balaban J connectivity index is 0.000000222. The van der Waals surface area contributed by atoms with Crippen LogP contribution in [0.15, 0.2) is 60.7 Å². The molecule has 2 atom stereocenters. The second-order valence-electron chi connectivity index (χ2n) is 11.2. The van der Waals surface area contributed by atoms with Gasteiger partial charge in [0.15, 0.2) is 0 Å². The molecule has 2 aliphatic rings. The van der Waals surface area contributed by atoms with Gasteiger partial charge in [-0.15, -0.1) is 0 Å². The monoisotopic (exact) mass is 550 g/mol. The Morgan fingerprint density at radius 3 is 2.20 bits per heavy atom. The smallest absolute Gasteiger partial charge is 0.253 e. The van der Waals surface area contributed by atoms with Crippen molar-refractivity contribution < 1.29 is 19.1 Å². The molecule has 6 nitrogen and oxygen atoms in total. The van der Waals surface area contributed by atoms with Gasteiger partial charge in [-0.25, -0.2) is 0 Å². The summed E-state index contributed by atoms with van der Waals surface area (Å²) in [5, 5.41) is 0. The van der Waals surface area contributed by atoms with Crippen LogP contribution in [-0.4, -0.2) is 75.1 Å². The Kier molecular flexibility index (Phi) is 15.0. The molecule has 0 aromatic heterocycles. The number of nitrogens with zero attached hydrogens (tertiary/aromatic N) is 2. The number of amides is 1. The SMILES string of the molecule is COCCCC(=O)C1CCCN(C(=O)c2ccccc2)C1.COCCCCC1CCCN(Cc2ccccc2)C1. The summed E-state index contributed by atoms with van der Waals surface area (Å²) in [5.74, 6) is 1.18.